The highest BCUT2D eigenvalue weighted by Gasteiger charge is 2.26. The number of anilines is 1. The summed E-state index contributed by atoms with van der Waals surface area (Å²) in [5.74, 6) is -1.13. The summed E-state index contributed by atoms with van der Waals surface area (Å²) in [5.41, 5.74) is 1.16. The Morgan fingerprint density at radius 3 is 2.32 bits per heavy atom. The summed E-state index contributed by atoms with van der Waals surface area (Å²) in [7, 11) is 1.53. The molecule has 6 heteroatoms. The number of ether oxygens (including phenoxy) is 2. The minimum absolute atomic E-state index is 0.150. The lowest BCUT2D eigenvalue weighted by Gasteiger charge is -2.18. The lowest BCUT2D eigenvalue weighted by Crippen LogP contribution is -2.26. The van der Waals surface area contributed by atoms with Crippen molar-refractivity contribution in [2.45, 2.75) is 6.10 Å². The third-order valence-corrected chi connectivity index (χ3v) is 3.98. The summed E-state index contributed by atoms with van der Waals surface area (Å²) in [4.78, 5) is 25.3. The molecular weight excluding hydrogens is 361 g/mol. The molecule has 0 aliphatic heterocycles. The summed E-state index contributed by atoms with van der Waals surface area (Å²) < 4.78 is 23.7. The van der Waals surface area contributed by atoms with Gasteiger partial charge in [-0.1, -0.05) is 36.4 Å². The van der Waals surface area contributed by atoms with Crippen LogP contribution in [-0.4, -0.2) is 19.0 Å². The standard InChI is InChI=1S/C22H18FNO4/c1-27-19-9-5-8-18(14-19)24-21(25)20(15-6-3-2-4-7-15)28-22(26)16-10-12-17(23)13-11-16/h2-14,20H,1H3,(H,24,25)/t20-/m1/s1. The Bertz CT molecular complexity index is 958. The number of nitrogens with one attached hydrogen (secondary N) is 1. The van der Waals surface area contributed by atoms with Crippen LogP contribution in [0.5, 0.6) is 5.75 Å². The van der Waals surface area contributed by atoms with Gasteiger partial charge in [0, 0.05) is 17.3 Å². The van der Waals surface area contributed by atoms with Crippen LogP contribution in [-0.2, 0) is 9.53 Å². The van der Waals surface area contributed by atoms with Crippen molar-refractivity contribution < 1.29 is 23.5 Å². The molecule has 1 amide bonds. The Hall–Kier alpha value is -3.67. The lowest BCUT2D eigenvalue weighted by atomic mass is 10.1. The highest BCUT2D eigenvalue weighted by atomic mass is 19.1. The van der Waals surface area contributed by atoms with Gasteiger partial charge in [-0.25, -0.2) is 9.18 Å². The van der Waals surface area contributed by atoms with Gasteiger partial charge >= 0.3 is 5.97 Å². The van der Waals surface area contributed by atoms with Gasteiger partial charge in [0.2, 0.25) is 6.10 Å². The van der Waals surface area contributed by atoms with E-state index in [0.717, 1.165) is 12.1 Å². The van der Waals surface area contributed by atoms with Gasteiger partial charge in [0.1, 0.15) is 11.6 Å². The quantitative estimate of drug-likeness (QED) is 0.646. The van der Waals surface area contributed by atoms with E-state index in [1.807, 2.05) is 0 Å². The Morgan fingerprint density at radius 1 is 0.929 bits per heavy atom. The summed E-state index contributed by atoms with van der Waals surface area (Å²) in [6, 6.07) is 20.4. The fourth-order valence-corrected chi connectivity index (χ4v) is 2.57. The lowest BCUT2D eigenvalue weighted by molar-refractivity contribution is -0.125. The molecular formula is C22H18FNO4. The van der Waals surface area contributed by atoms with E-state index in [9.17, 15) is 14.0 Å². The number of esters is 1. The predicted molar refractivity (Wildman–Crippen MR) is 103 cm³/mol. The van der Waals surface area contributed by atoms with Gasteiger partial charge < -0.3 is 14.8 Å². The number of halogens is 1. The van der Waals surface area contributed by atoms with Gasteiger partial charge in [-0.3, -0.25) is 4.79 Å². The molecule has 0 saturated heterocycles. The van der Waals surface area contributed by atoms with Crippen LogP contribution in [0.25, 0.3) is 0 Å². The monoisotopic (exact) mass is 379 g/mol. The van der Waals surface area contributed by atoms with Crippen molar-refractivity contribution >= 4 is 17.6 Å². The number of methoxy groups -OCH3 is 1. The SMILES string of the molecule is COc1cccc(NC(=O)[C@H](OC(=O)c2ccc(F)cc2)c2ccccc2)c1. The minimum Gasteiger partial charge on any atom is -0.497 e. The molecule has 0 spiro atoms. The predicted octanol–water partition coefficient (Wildman–Crippen LogP) is 4.37. The molecule has 1 atom stereocenters. The van der Waals surface area contributed by atoms with Crippen LogP contribution in [0.3, 0.4) is 0 Å². The molecule has 0 unspecified atom stereocenters. The second kappa shape index (κ2) is 8.81. The number of rotatable bonds is 6. The molecule has 0 radical (unpaired) electrons. The zero-order valence-corrected chi connectivity index (χ0v) is 15.1. The highest BCUT2D eigenvalue weighted by Crippen LogP contribution is 2.23. The first kappa shape index (κ1) is 19.1. The van der Waals surface area contributed by atoms with E-state index in [4.69, 9.17) is 9.47 Å². The van der Waals surface area contributed by atoms with Crippen molar-refractivity contribution in [3.8, 4) is 5.75 Å². The van der Waals surface area contributed by atoms with Crippen molar-refractivity contribution in [1.82, 2.24) is 0 Å². The zero-order chi connectivity index (χ0) is 19.9. The average molecular weight is 379 g/mol. The molecule has 1 N–H and O–H groups in total. The molecule has 0 aliphatic carbocycles. The Morgan fingerprint density at radius 2 is 1.64 bits per heavy atom. The van der Waals surface area contributed by atoms with Crippen molar-refractivity contribution in [2.75, 3.05) is 12.4 Å². The maximum atomic E-state index is 13.1. The largest absolute Gasteiger partial charge is 0.497 e. The molecule has 0 fully saturated rings. The van der Waals surface area contributed by atoms with E-state index in [-0.39, 0.29) is 5.56 Å². The summed E-state index contributed by atoms with van der Waals surface area (Å²) in [6.07, 6.45) is -1.18. The number of amides is 1. The summed E-state index contributed by atoms with van der Waals surface area (Å²) in [6.45, 7) is 0. The molecule has 0 aromatic heterocycles. The van der Waals surface area contributed by atoms with E-state index in [1.165, 1.54) is 19.2 Å². The molecule has 0 heterocycles. The second-order valence-corrected chi connectivity index (χ2v) is 5.92. The van der Waals surface area contributed by atoms with E-state index >= 15 is 0 Å². The highest BCUT2D eigenvalue weighted by molar-refractivity contribution is 5.98. The van der Waals surface area contributed by atoms with Crippen LogP contribution >= 0.6 is 0 Å². The number of hydrogen-bond donors (Lipinski definition) is 1. The van der Waals surface area contributed by atoms with Crippen molar-refractivity contribution in [2.24, 2.45) is 0 Å². The maximum Gasteiger partial charge on any atom is 0.339 e. The minimum atomic E-state index is -1.18. The molecule has 0 saturated carbocycles. The first-order valence-corrected chi connectivity index (χ1v) is 8.53. The van der Waals surface area contributed by atoms with Gasteiger partial charge in [0.15, 0.2) is 0 Å². The Balaban J connectivity index is 1.83. The van der Waals surface area contributed by atoms with Crippen LogP contribution < -0.4 is 10.1 Å². The number of carbonyl (C=O) groups excluding carboxylic acids is 2. The topological polar surface area (TPSA) is 64.6 Å². The first-order chi connectivity index (χ1) is 13.6. The second-order valence-electron chi connectivity index (χ2n) is 5.92. The Labute approximate surface area is 161 Å². The van der Waals surface area contributed by atoms with Crippen molar-refractivity contribution in [3.05, 3.63) is 95.8 Å². The van der Waals surface area contributed by atoms with Crippen LogP contribution in [0, 0.1) is 5.82 Å². The Kier molecular flexibility index (Phi) is 6.01. The molecule has 0 aliphatic rings. The van der Waals surface area contributed by atoms with Crippen LogP contribution in [0.15, 0.2) is 78.9 Å². The molecule has 0 bridgehead atoms. The van der Waals surface area contributed by atoms with Gasteiger partial charge in [-0.2, -0.15) is 0 Å². The maximum absolute atomic E-state index is 13.1. The van der Waals surface area contributed by atoms with Gasteiger partial charge in [-0.05, 0) is 36.4 Å². The van der Waals surface area contributed by atoms with Gasteiger partial charge in [-0.15, -0.1) is 0 Å². The van der Waals surface area contributed by atoms with E-state index in [2.05, 4.69) is 5.32 Å². The van der Waals surface area contributed by atoms with E-state index in [1.54, 1.807) is 54.6 Å². The summed E-state index contributed by atoms with van der Waals surface area (Å²) >= 11 is 0. The fraction of sp³-hybridized carbons (Fsp3) is 0.0909. The van der Waals surface area contributed by atoms with E-state index in [0.29, 0.717) is 17.0 Å². The molecule has 3 aromatic rings. The van der Waals surface area contributed by atoms with Crippen molar-refractivity contribution in [3.63, 3.8) is 0 Å². The van der Waals surface area contributed by atoms with Gasteiger partial charge in [0.25, 0.3) is 5.91 Å². The third-order valence-electron chi connectivity index (χ3n) is 3.98. The third kappa shape index (κ3) is 4.73. The zero-order valence-electron chi connectivity index (χ0n) is 15.1. The molecule has 28 heavy (non-hydrogen) atoms. The van der Waals surface area contributed by atoms with Crippen molar-refractivity contribution in [1.29, 1.82) is 0 Å². The van der Waals surface area contributed by atoms with Gasteiger partial charge in [0.05, 0.1) is 12.7 Å². The van der Waals surface area contributed by atoms with Crippen LogP contribution in [0.2, 0.25) is 0 Å². The molecule has 3 rings (SSSR count). The normalized spacial score (nSPS) is 11.4. The van der Waals surface area contributed by atoms with Crippen LogP contribution in [0.1, 0.15) is 22.0 Å². The number of carbonyl (C=O) groups is 2. The average Bonchev–Trinajstić information content (AvgIpc) is 2.73. The smallest absolute Gasteiger partial charge is 0.339 e. The first-order valence-electron chi connectivity index (χ1n) is 8.53. The molecule has 142 valence electrons. The fourth-order valence-electron chi connectivity index (χ4n) is 2.57. The van der Waals surface area contributed by atoms with E-state index < -0.39 is 23.8 Å². The number of hydrogen-bond acceptors (Lipinski definition) is 4. The summed E-state index contributed by atoms with van der Waals surface area (Å²) in [5, 5.41) is 2.72. The number of benzene rings is 3. The molecule has 3 aromatic carbocycles. The molecule has 5 nitrogen and oxygen atoms in total. The van der Waals surface area contributed by atoms with Crippen LogP contribution in [0.4, 0.5) is 10.1 Å².